The Hall–Kier alpha value is -2.07. The van der Waals surface area contributed by atoms with Crippen LogP contribution in [0.3, 0.4) is 0 Å². The number of hydrazine groups is 1. The molecule has 2 aliphatic heterocycles. The number of aliphatic carboxylic acids is 1. The van der Waals surface area contributed by atoms with Crippen molar-refractivity contribution in [3.63, 3.8) is 0 Å². The smallest absolute Gasteiger partial charge is 0.387 e. The van der Waals surface area contributed by atoms with Crippen molar-refractivity contribution < 1.29 is 23.4 Å². The largest absolute Gasteiger partial charge is 0.481 e. The van der Waals surface area contributed by atoms with Crippen LogP contribution in [0.25, 0.3) is 0 Å². The predicted molar refractivity (Wildman–Crippen MR) is 105 cm³/mol. The molecular weight excluding hydrogens is 448 g/mol. The van der Waals surface area contributed by atoms with Crippen LogP contribution in [0.5, 0.6) is 5.75 Å². The molecule has 0 amide bonds. The summed E-state index contributed by atoms with van der Waals surface area (Å²) >= 11 is 3.42. The summed E-state index contributed by atoms with van der Waals surface area (Å²) in [6.45, 7) is -2.88. The highest BCUT2D eigenvalue weighted by atomic mass is 79.9. The summed E-state index contributed by atoms with van der Waals surface area (Å²) in [6.07, 6.45) is 0.141. The molecule has 2 fully saturated rings. The SMILES string of the molecule is O=C(O)C1CC(c2ccc(OC(F)F)cc2)NC2NNC(c3ccc(Br)cc3)C21. The van der Waals surface area contributed by atoms with Gasteiger partial charge < -0.3 is 9.84 Å². The van der Waals surface area contributed by atoms with E-state index in [0.29, 0.717) is 6.42 Å². The molecule has 2 heterocycles. The molecule has 2 saturated heterocycles. The van der Waals surface area contributed by atoms with Gasteiger partial charge >= 0.3 is 12.6 Å². The molecule has 0 radical (unpaired) electrons. The lowest BCUT2D eigenvalue weighted by Crippen LogP contribution is -2.53. The summed E-state index contributed by atoms with van der Waals surface area (Å²) in [5, 5.41) is 13.4. The quantitative estimate of drug-likeness (QED) is 0.537. The molecule has 4 rings (SSSR count). The molecule has 6 nitrogen and oxygen atoms in total. The number of ether oxygens (including phenoxy) is 1. The normalized spacial score (nSPS) is 28.9. The average Bonchev–Trinajstić information content (AvgIpc) is 3.12. The van der Waals surface area contributed by atoms with Gasteiger partial charge in [0.05, 0.1) is 18.1 Å². The number of hydrogen-bond donors (Lipinski definition) is 4. The van der Waals surface area contributed by atoms with Crippen molar-refractivity contribution in [1.29, 1.82) is 0 Å². The van der Waals surface area contributed by atoms with Gasteiger partial charge in [-0.2, -0.15) is 8.78 Å². The fourth-order valence-corrected chi connectivity index (χ4v) is 4.50. The minimum atomic E-state index is -2.88. The molecule has 0 saturated carbocycles. The van der Waals surface area contributed by atoms with Gasteiger partial charge in [0, 0.05) is 16.4 Å². The van der Waals surface area contributed by atoms with Crippen molar-refractivity contribution in [2.24, 2.45) is 11.8 Å². The molecule has 4 N–H and O–H groups in total. The molecular formula is C20H20BrF2N3O3. The lowest BCUT2D eigenvalue weighted by atomic mass is 9.75. The molecule has 0 bridgehead atoms. The van der Waals surface area contributed by atoms with Crippen molar-refractivity contribution in [3.8, 4) is 5.75 Å². The van der Waals surface area contributed by atoms with Gasteiger partial charge in [-0.25, -0.2) is 10.9 Å². The van der Waals surface area contributed by atoms with Gasteiger partial charge in [0.1, 0.15) is 5.75 Å². The van der Waals surface area contributed by atoms with Gasteiger partial charge in [0.2, 0.25) is 0 Å². The first-order valence-electron chi connectivity index (χ1n) is 9.22. The molecule has 29 heavy (non-hydrogen) atoms. The maximum Gasteiger partial charge on any atom is 0.387 e. The van der Waals surface area contributed by atoms with E-state index in [1.165, 1.54) is 12.1 Å². The zero-order valence-electron chi connectivity index (χ0n) is 15.2. The molecule has 9 heteroatoms. The molecule has 2 aliphatic rings. The zero-order chi connectivity index (χ0) is 20.5. The van der Waals surface area contributed by atoms with Crippen molar-refractivity contribution in [2.45, 2.75) is 31.3 Å². The number of rotatable bonds is 5. The van der Waals surface area contributed by atoms with E-state index < -0.39 is 18.5 Å². The van der Waals surface area contributed by atoms with Crippen LogP contribution in [0.1, 0.15) is 29.6 Å². The summed E-state index contributed by atoms with van der Waals surface area (Å²) in [7, 11) is 0. The number of carbonyl (C=O) groups is 1. The fraction of sp³-hybridized carbons (Fsp3) is 0.350. The maximum absolute atomic E-state index is 12.3. The summed E-state index contributed by atoms with van der Waals surface area (Å²) in [5.74, 6) is -1.55. The highest BCUT2D eigenvalue weighted by Gasteiger charge is 2.49. The van der Waals surface area contributed by atoms with Crippen molar-refractivity contribution in [3.05, 3.63) is 64.1 Å². The Kier molecular flexibility index (Phi) is 5.82. The van der Waals surface area contributed by atoms with E-state index in [1.54, 1.807) is 12.1 Å². The predicted octanol–water partition coefficient (Wildman–Crippen LogP) is 3.58. The Morgan fingerprint density at radius 1 is 1.07 bits per heavy atom. The summed E-state index contributed by atoms with van der Waals surface area (Å²) in [5.41, 5.74) is 8.24. The zero-order valence-corrected chi connectivity index (χ0v) is 16.8. The molecule has 0 aromatic heterocycles. The first-order valence-corrected chi connectivity index (χ1v) is 10.0. The van der Waals surface area contributed by atoms with E-state index in [0.717, 1.165) is 15.6 Å². The lowest BCUT2D eigenvalue weighted by molar-refractivity contribution is -0.146. The first-order chi connectivity index (χ1) is 13.9. The van der Waals surface area contributed by atoms with Gasteiger partial charge in [-0.15, -0.1) is 0 Å². The Morgan fingerprint density at radius 3 is 2.34 bits per heavy atom. The average molecular weight is 468 g/mol. The standard InChI is InChI=1S/C20H20BrF2N3O3/c21-12-5-1-11(2-6-12)17-16-14(19(27)28)9-15(24-18(16)26-25-17)10-3-7-13(8-4-10)29-20(22)23/h1-8,14-18,20,24-26H,9H2,(H,27,28). The second-order valence-corrected chi connectivity index (χ2v) is 8.14. The van der Waals surface area contributed by atoms with Crippen LogP contribution in [-0.2, 0) is 4.79 Å². The van der Waals surface area contributed by atoms with Crippen LogP contribution in [0, 0.1) is 11.8 Å². The summed E-state index contributed by atoms with van der Waals surface area (Å²) in [4.78, 5) is 12.1. The van der Waals surface area contributed by atoms with E-state index >= 15 is 0 Å². The van der Waals surface area contributed by atoms with Crippen molar-refractivity contribution in [2.75, 3.05) is 0 Å². The maximum atomic E-state index is 12.3. The molecule has 0 spiro atoms. The van der Waals surface area contributed by atoms with Gasteiger partial charge in [-0.3, -0.25) is 10.1 Å². The number of fused-ring (bicyclic) bond motifs is 1. The van der Waals surface area contributed by atoms with Crippen molar-refractivity contribution in [1.82, 2.24) is 16.2 Å². The minimum Gasteiger partial charge on any atom is -0.481 e. The number of nitrogens with one attached hydrogen (secondary N) is 3. The van der Waals surface area contributed by atoms with Crippen LogP contribution >= 0.6 is 15.9 Å². The number of alkyl halides is 2. The number of carboxylic acids is 1. The third-order valence-corrected chi connectivity index (χ3v) is 6.08. The van der Waals surface area contributed by atoms with E-state index in [2.05, 4.69) is 36.8 Å². The van der Waals surface area contributed by atoms with Crippen LogP contribution in [-0.4, -0.2) is 23.9 Å². The van der Waals surface area contributed by atoms with E-state index in [-0.39, 0.29) is 29.9 Å². The summed E-state index contributed by atoms with van der Waals surface area (Å²) in [6, 6.07) is 13.7. The van der Waals surface area contributed by atoms with Gasteiger partial charge in [0.25, 0.3) is 0 Å². The Balaban J connectivity index is 1.55. The van der Waals surface area contributed by atoms with E-state index in [4.69, 9.17) is 0 Å². The molecule has 5 unspecified atom stereocenters. The van der Waals surface area contributed by atoms with Gasteiger partial charge in [-0.1, -0.05) is 40.2 Å². The molecule has 0 aliphatic carbocycles. The highest BCUT2D eigenvalue weighted by molar-refractivity contribution is 9.10. The molecule has 2 aromatic carbocycles. The van der Waals surface area contributed by atoms with Crippen molar-refractivity contribution >= 4 is 21.9 Å². The Bertz CT molecular complexity index is 866. The number of benzene rings is 2. The Morgan fingerprint density at radius 2 is 1.72 bits per heavy atom. The van der Waals surface area contributed by atoms with Crippen LogP contribution in [0.4, 0.5) is 8.78 Å². The molecule has 5 atom stereocenters. The molecule has 154 valence electrons. The third-order valence-electron chi connectivity index (χ3n) is 5.55. The summed E-state index contributed by atoms with van der Waals surface area (Å²) < 4.78 is 30.0. The second kappa shape index (κ2) is 8.35. The number of carboxylic acid groups (broad SMARTS) is 1. The second-order valence-electron chi connectivity index (χ2n) is 7.22. The topological polar surface area (TPSA) is 82.6 Å². The highest BCUT2D eigenvalue weighted by Crippen LogP contribution is 2.42. The van der Waals surface area contributed by atoms with E-state index in [9.17, 15) is 18.7 Å². The Labute approximate surface area is 174 Å². The minimum absolute atomic E-state index is 0.0724. The third kappa shape index (κ3) is 4.28. The first kappa shape index (κ1) is 20.2. The number of hydrogen-bond acceptors (Lipinski definition) is 5. The van der Waals surface area contributed by atoms with Crippen LogP contribution in [0.15, 0.2) is 53.0 Å². The fourth-order valence-electron chi connectivity index (χ4n) is 4.23. The van der Waals surface area contributed by atoms with Gasteiger partial charge in [0.15, 0.2) is 0 Å². The van der Waals surface area contributed by atoms with Gasteiger partial charge in [-0.05, 0) is 41.8 Å². The van der Waals surface area contributed by atoms with E-state index in [1.807, 2.05) is 24.3 Å². The molecule has 2 aromatic rings. The van der Waals surface area contributed by atoms with Crippen LogP contribution in [0.2, 0.25) is 0 Å². The number of piperidine rings is 1. The monoisotopic (exact) mass is 467 g/mol. The van der Waals surface area contributed by atoms with Crippen LogP contribution < -0.4 is 20.9 Å². The number of halogens is 3. The lowest BCUT2D eigenvalue weighted by Gasteiger charge is -2.39.